The van der Waals surface area contributed by atoms with Gasteiger partial charge in [-0.15, -0.1) is 0 Å². The number of ether oxygens (including phenoxy) is 2. The van der Waals surface area contributed by atoms with Gasteiger partial charge in [0.05, 0.1) is 13.2 Å². The first-order valence-electron chi connectivity index (χ1n) is 7.98. The lowest BCUT2D eigenvalue weighted by atomic mass is 10.1. The molecule has 0 aliphatic heterocycles. The van der Waals surface area contributed by atoms with Crippen molar-refractivity contribution in [2.45, 2.75) is 41.0 Å². The Hall–Kier alpha value is -1.67. The molecular weight excluding hydrogens is 308 g/mol. The minimum absolute atomic E-state index is 0.632. The van der Waals surface area contributed by atoms with Gasteiger partial charge in [0.15, 0.2) is 0 Å². The van der Waals surface area contributed by atoms with Crippen molar-refractivity contribution in [2.24, 2.45) is 0 Å². The van der Waals surface area contributed by atoms with Gasteiger partial charge in [-0.1, -0.05) is 29.3 Å². The summed E-state index contributed by atoms with van der Waals surface area (Å²) in [6.07, 6.45) is 0.842. The summed E-state index contributed by atoms with van der Waals surface area (Å²) in [7, 11) is 0. The van der Waals surface area contributed by atoms with Crippen molar-refractivity contribution < 1.29 is 9.47 Å². The first-order valence-corrected chi connectivity index (χ1v) is 8.36. The van der Waals surface area contributed by atoms with Crippen LogP contribution < -0.4 is 9.47 Å². The SMILES string of the molecule is Cc1cc(C)c(OCCCOc2c(C)cc(Cl)cc2C)c(C)c1. The summed E-state index contributed by atoms with van der Waals surface area (Å²) in [5, 5.41) is 0.751. The minimum Gasteiger partial charge on any atom is -0.493 e. The molecule has 0 amide bonds. The van der Waals surface area contributed by atoms with Gasteiger partial charge in [-0.25, -0.2) is 0 Å². The highest BCUT2D eigenvalue weighted by molar-refractivity contribution is 6.30. The van der Waals surface area contributed by atoms with Crippen LogP contribution in [0.2, 0.25) is 5.02 Å². The van der Waals surface area contributed by atoms with Crippen LogP contribution in [-0.2, 0) is 0 Å². The van der Waals surface area contributed by atoms with Crippen LogP contribution in [0.3, 0.4) is 0 Å². The Bertz CT molecular complexity index is 587. The summed E-state index contributed by atoms with van der Waals surface area (Å²) >= 11 is 6.04. The van der Waals surface area contributed by atoms with Crippen LogP contribution >= 0.6 is 11.6 Å². The summed E-state index contributed by atoms with van der Waals surface area (Å²) in [6.45, 7) is 11.6. The van der Waals surface area contributed by atoms with E-state index in [2.05, 4.69) is 32.9 Å². The highest BCUT2D eigenvalue weighted by Crippen LogP contribution is 2.27. The van der Waals surface area contributed by atoms with Crippen molar-refractivity contribution in [3.05, 3.63) is 57.1 Å². The fraction of sp³-hybridized carbons (Fsp3) is 0.400. The second-order valence-electron chi connectivity index (χ2n) is 6.15. The monoisotopic (exact) mass is 332 g/mol. The van der Waals surface area contributed by atoms with E-state index in [1.54, 1.807) is 0 Å². The maximum Gasteiger partial charge on any atom is 0.125 e. The average molecular weight is 333 g/mol. The first kappa shape index (κ1) is 17.7. The van der Waals surface area contributed by atoms with Crippen LogP contribution in [0.25, 0.3) is 0 Å². The molecule has 3 heteroatoms. The van der Waals surface area contributed by atoms with E-state index in [1.165, 1.54) is 16.7 Å². The second kappa shape index (κ2) is 7.74. The summed E-state index contributed by atoms with van der Waals surface area (Å²) in [6, 6.07) is 8.16. The molecule has 0 radical (unpaired) electrons. The van der Waals surface area contributed by atoms with Crippen LogP contribution in [0.15, 0.2) is 24.3 Å². The van der Waals surface area contributed by atoms with E-state index < -0.39 is 0 Å². The minimum atomic E-state index is 0.632. The molecule has 0 aliphatic rings. The Morgan fingerprint density at radius 2 is 1.09 bits per heavy atom. The molecule has 0 unspecified atom stereocenters. The molecule has 0 fully saturated rings. The molecule has 23 heavy (non-hydrogen) atoms. The van der Waals surface area contributed by atoms with E-state index in [-0.39, 0.29) is 0 Å². The number of rotatable bonds is 6. The summed E-state index contributed by atoms with van der Waals surface area (Å²) < 4.78 is 11.8. The van der Waals surface area contributed by atoms with E-state index in [1.807, 2.05) is 26.0 Å². The van der Waals surface area contributed by atoms with Crippen molar-refractivity contribution in [3.8, 4) is 11.5 Å². The van der Waals surface area contributed by atoms with E-state index >= 15 is 0 Å². The Morgan fingerprint density at radius 1 is 0.696 bits per heavy atom. The highest BCUT2D eigenvalue weighted by Gasteiger charge is 2.07. The Labute approximate surface area is 144 Å². The fourth-order valence-corrected chi connectivity index (χ4v) is 3.25. The Balaban J connectivity index is 1.85. The van der Waals surface area contributed by atoms with E-state index in [4.69, 9.17) is 21.1 Å². The molecule has 0 saturated carbocycles. The van der Waals surface area contributed by atoms with Gasteiger partial charge in [-0.05, 0) is 69.0 Å². The largest absolute Gasteiger partial charge is 0.493 e. The number of benzene rings is 2. The third-order valence-corrected chi connectivity index (χ3v) is 4.03. The zero-order valence-corrected chi connectivity index (χ0v) is 15.4. The Kier molecular flexibility index (Phi) is 5.95. The van der Waals surface area contributed by atoms with Crippen molar-refractivity contribution >= 4 is 11.6 Å². The molecule has 0 aliphatic carbocycles. The number of hydrogen-bond donors (Lipinski definition) is 0. The summed E-state index contributed by atoms with van der Waals surface area (Å²) in [5.41, 5.74) is 5.78. The third-order valence-electron chi connectivity index (χ3n) is 3.81. The van der Waals surface area contributed by atoms with E-state index in [0.717, 1.165) is 34.1 Å². The molecule has 0 spiro atoms. The zero-order chi connectivity index (χ0) is 17.0. The molecule has 2 rings (SSSR count). The lowest BCUT2D eigenvalue weighted by Crippen LogP contribution is -2.07. The molecule has 0 atom stereocenters. The smallest absolute Gasteiger partial charge is 0.125 e. The van der Waals surface area contributed by atoms with Gasteiger partial charge in [0, 0.05) is 11.4 Å². The molecule has 0 N–H and O–H groups in total. The predicted octanol–water partition coefficient (Wildman–Crippen LogP) is 5.73. The van der Waals surface area contributed by atoms with Gasteiger partial charge in [-0.2, -0.15) is 0 Å². The maximum absolute atomic E-state index is 6.04. The normalized spacial score (nSPS) is 10.7. The van der Waals surface area contributed by atoms with Crippen molar-refractivity contribution in [1.82, 2.24) is 0 Å². The van der Waals surface area contributed by atoms with Crippen LogP contribution in [0, 0.1) is 34.6 Å². The summed E-state index contributed by atoms with van der Waals surface area (Å²) in [5.74, 6) is 1.92. The van der Waals surface area contributed by atoms with Crippen LogP contribution in [0.4, 0.5) is 0 Å². The topological polar surface area (TPSA) is 18.5 Å². The fourth-order valence-electron chi connectivity index (χ4n) is 2.93. The van der Waals surface area contributed by atoms with Gasteiger partial charge in [0.25, 0.3) is 0 Å². The molecule has 124 valence electrons. The third kappa shape index (κ3) is 4.65. The lowest BCUT2D eigenvalue weighted by molar-refractivity contribution is 0.244. The lowest BCUT2D eigenvalue weighted by Gasteiger charge is -2.15. The van der Waals surface area contributed by atoms with Crippen LogP contribution in [0.5, 0.6) is 11.5 Å². The van der Waals surface area contributed by atoms with Crippen molar-refractivity contribution in [1.29, 1.82) is 0 Å². The molecule has 2 aromatic rings. The average Bonchev–Trinajstić information content (AvgIpc) is 2.42. The summed E-state index contributed by atoms with van der Waals surface area (Å²) in [4.78, 5) is 0. The number of aryl methyl sites for hydroxylation is 5. The van der Waals surface area contributed by atoms with E-state index in [9.17, 15) is 0 Å². The molecule has 0 aromatic heterocycles. The standard InChI is InChI=1S/C20H25ClO2/c1-13-9-14(2)19(15(3)10-13)22-7-6-8-23-20-16(4)11-18(21)12-17(20)5/h9-12H,6-8H2,1-5H3. The first-order chi connectivity index (χ1) is 10.9. The van der Waals surface area contributed by atoms with Gasteiger partial charge in [0.2, 0.25) is 0 Å². The molecule has 0 heterocycles. The maximum atomic E-state index is 6.04. The van der Waals surface area contributed by atoms with Crippen molar-refractivity contribution in [2.75, 3.05) is 13.2 Å². The number of halogens is 1. The molecule has 2 nitrogen and oxygen atoms in total. The molecule has 0 bridgehead atoms. The Morgan fingerprint density at radius 3 is 1.52 bits per heavy atom. The highest BCUT2D eigenvalue weighted by atomic mass is 35.5. The second-order valence-corrected chi connectivity index (χ2v) is 6.58. The number of hydrogen-bond acceptors (Lipinski definition) is 2. The van der Waals surface area contributed by atoms with E-state index in [0.29, 0.717) is 13.2 Å². The van der Waals surface area contributed by atoms with Gasteiger partial charge < -0.3 is 9.47 Å². The van der Waals surface area contributed by atoms with Crippen LogP contribution in [-0.4, -0.2) is 13.2 Å². The zero-order valence-electron chi connectivity index (χ0n) is 14.6. The van der Waals surface area contributed by atoms with Gasteiger partial charge in [0.1, 0.15) is 11.5 Å². The quantitative estimate of drug-likeness (QED) is 0.629. The molecule has 2 aromatic carbocycles. The van der Waals surface area contributed by atoms with Crippen molar-refractivity contribution in [3.63, 3.8) is 0 Å². The van der Waals surface area contributed by atoms with Crippen LogP contribution in [0.1, 0.15) is 34.2 Å². The molecular formula is C20H25ClO2. The molecule has 0 saturated heterocycles. The van der Waals surface area contributed by atoms with Gasteiger partial charge in [-0.3, -0.25) is 0 Å². The van der Waals surface area contributed by atoms with Gasteiger partial charge >= 0.3 is 0 Å². The predicted molar refractivity (Wildman–Crippen MR) is 97.2 cm³/mol.